The first-order chi connectivity index (χ1) is 10.2. The minimum atomic E-state index is -1.05. The normalized spacial score (nSPS) is 16.4. The van der Waals surface area contributed by atoms with Gasteiger partial charge in [-0.25, -0.2) is 19.6 Å². The quantitative estimate of drug-likeness (QED) is 0.871. The Morgan fingerprint density at radius 2 is 1.90 bits per heavy atom. The number of fused-ring (bicyclic) bond motifs is 1. The number of amides is 2. The molecule has 7 nitrogen and oxygen atoms in total. The van der Waals surface area contributed by atoms with Crippen LogP contribution in [-0.2, 0) is 11.2 Å². The second-order valence-corrected chi connectivity index (χ2v) is 4.56. The number of nitrogens with zero attached hydrogens (tertiary/aromatic N) is 3. The summed E-state index contributed by atoms with van der Waals surface area (Å²) in [5.74, 6) is -0.911. The second-order valence-electron chi connectivity index (χ2n) is 4.56. The molecule has 0 saturated heterocycles. The average molecular weight is 284 g/mol. The van der Waals surface area contributed by atoms with Crippen molar-refractivity contribution >= 4 is 23.6 Å². The van der Waals surface area contributed by atoms with E-state index >= 15 is 0 Å². The van der Waals surface area contributed by atoms with E-state index in [9.17, 15) is 14.7 Å². The lowest BCUT2D eigenvalue weighted by molar-refractivity contribution is -0.138. The lowest BCUT2D eigenvalue weighted by atomic mass is 10.1. The van der Waals surface area contributed by atoms with Gasteiger partial charge in [-0.2, -0.15) is 0 Å². The minimum Gasteiger partial charge on any atom is -0.480 e. The van der Waals surface area contributed by atoms with E-state index in [1.807, 2.05) is 12.1 Å². The van der Waals surface area contributed by atoms with Gasteiger partial charge in [0.25, 0.3) is 0 Å². The van der Waals surface area contributed by atoms with Gasteiger partial charge >= 0.3 is 12.0 Å². The summed E-state index contributed by atoms with van der Waals surface area (Å²) in [6.07, 6.45) is 3.28. The van der Waals surface area contributed by atoms with Crippen molar-refractivity contribution in [3.63, 3.8) is 0 Å². The van der Waals surface area contributed by atoms with Gasteiger partial charge in [0.15, 0.2) is 0 Å². The predicted octanol–water partition coefficient (Wildman–Crippen LogP) is 1.52. The van der Waals surface area contributed by atoms with E-state index in [0.29, 0.717) is 5.69 Å². The molecule has 1 aromatic carbocycles. The van der Waals surface area contributed by atoms with Crippen molar-refractivity contribution in [1.82, 2.24) is 9.97 Å². The number of para-hydroxylation sites is 1. The molecule has 0 unspecified atom stereocenters. The minimum absolute atomic E-state index is 0.135. The van der Waals surface area contributed by atoms with Crippen molar-refractivity contribution in [1.29, 1.82) is 0 Å². The summed E-state index contributed by atoms with van der Waals surface area (Å²) in [5, 5.41) is 11.8. The van der Waals surface area contributed by atoms with E-state index < -0.39 is 18.0 Å². The number of carbonyl (C=O) groups excluding carboxylic acids is 1. The van der Waals surface area contributed by atoms with Crippen molar-refractivity contribution in [3.05, 3.63) is 48.3 Å². The summed E-state index contributed by atoms with van der Waals surface area (Å²) >= 11 is 0. The van der Waals surface area contributed by atoms with Crippen LogP contribution in [0.15, 0.2) is 42.7 Å². The number of hydrogen-bond acceptors (Lipinski definition) is 4. The van der Waals surface area contributed by atoms with Gasteiger partial charge in [-0.3, -0.25) is 10.2 Å². The van der Waals surface area contributed by atoms with Crippen LogP contribution in [0.4, 0.5) is 16.4 Å². The molecule has 0 aliphatic carbocycles. The first-order valence-electron chi connectivity index (χ1n) is 6.35. The fourth-order valence-electron chi connectivity index (χ4n) is 2.35. The molecule has 106 valence electrons. The molecule has 0 bridgehead atoms. The first kappa shape index (κ1) is 13.0. The van der Waals surface area contributed by atoms with Crippen LogP contribution >= 0.6 is 0 Å². The van der Waals surface area contributed by atoms with Crippen molar-refractivity contribution in [2.45, 2.75) is 12.5 Å². The number of aliphatic carboxylic acids is 1. The number of anilines is 2. The molecular formula is C14H12N4O3. The molecule has 2 aromatic rings. The number of hydrogen-bond donors (Lipinski definition) is 2. The van der Waals surface area contributed by atoms with Gasteiger partial charge in [0, 0.05) is 24.5 Å². The molecule has 21 heavy (non-hydrogen) atoms. The summed E-state index contributed by atoms with van der Waals surface area (Å²) in [6, 6.07) is 7.27. The van der Waals surface area contributed by atoms with Crippen LogP contribution < -0.4 is 10.2 Å². The highest BCUT2D eigenvalue weighted by molar-refractivity contribution is 6.06. The van der Waals surface area contributed by atoms with Crippen LogP contribution in [0.2, 0.25) is 0 Å². The van der Waals surface area contributed by atoms with E-state index in [0.717, 1.165) is 5.56 Å². The summed E-state index contributed by atoms with van der Waals surface area (Å²) in [6.45, 7) is 0. The number of aromatic nitrogens is 2. The van der Waals surface area contributed by atoms with E-state index in [2.05, 4.69) is 15.3 Å². The zero-order valence-corrected chi connectivity index (χ0v) is 10.9. The number of rotatable bonds is 2. The molecule has 2 heterocycles. The van der Waals surface area contributed by atoms with Gasteiger partial charge in [-0.05, 0) is 17.7 Å². The van der Waals surface area contributed by atoms with Crippen LogP contribution in [0.1, 0.15) is 5.56 Å². The highest BCUT2D eigenvalue weighted by Gasteiger charge is 2.38. The maximum Gasteiger partial charge on any atom is 0.329 e. The van der Waals surface area contributed by atoms with Crippen LogP contribution in [-0.4, -0.2) is 33.1 Å². The Hall–Kier alpha value is -2.96. The number of carboxylic acid groups (broad SMARTS) is 1. The topological polar surface area (TPSA) is 95.4 Å². The van der Waals surface area contributed by atoms with E-state index in [-0.39, 0.29) is 12.4 Å². The summed E-state index contributed by atoms with van der Waals surface area (Å²) in [4.78, 5) is 32.8. The van der Waals surface area contributed by atoms with Crippen LogP contribution in [0.25, 0.3) is 0 Å². The number of nitrogens with one attached hydrogen (secondary N) is 1. The molecular weight excluding hydrogens is 272 g/mol. The monoisotopic (exact) mass is 284 g/mol. The molecule has 1 aliphatic rings. The molecule has 2 amide bonds. The zero-order valence-electron chi connectivity index (χ0n) is 10.9. The van der Waals surface area contributed by atoms with E-state index in [1.165, 1.54) is 17.3 Å². The lowest BCUT2D eigenvalue weighted by Gasteiger charge is -2.22. The molecule has 0 saturated carbocycles. The Bertz CT molecular complexity index is 690. The summed E-state index contributed by atoms with van der Waals surface area (Å²) in [5.41, 5.74) is 1.42. The van der Waals surface area contributed by atoms with Crippen LogP contribution in [0.3, 0.4) is 0 Å². The number of urea groups is 1. The first-order valence-corrected chi connectivity index (χ1v) is 6.35. The van der Waals surface area contributed by atoms with Crippen LogP contribution in [0, 0.1) is 0 Å². The number of carbonyl (C=O) groups is 2. The fraction of sp³-hybridized carbons (Fsp3) is 0.143. The van der Waals surface area contributed by atoms with Gasteiger partial charge in [0.2, 0.25) is 5.95 Å². The molecule has 2 N–H and O–H groups in total. The molecule has 3 rings (SSSR count). The molecule has 0 radical (unpaired) electrons. The number of carboxylic acids is 1. The van der Waals surface area contributed by atoms with Crippen molar-refractivity contribution in [3.8, 4) is 0 Å². The van der Waals surface area contributed by atoms with Gasteiger partial charge in [-0.15, -0.1) is 0 Å². The second kappa shape index (κ2) is 5.20. The van der Waals surface area contributed by atoms with E-state index in [1.54, 1.807) is 18.2 Å². The molecule has 0 spiro atoms. The van der Waals surface area contributed by atoms with Crippen molar-refractivity contribution in [2.75, 3.05) is 10.2 Å². The lowest BCUT2D eigenvalue weighted by Crippen LogP contribution is -2.45. The highest BCUT2D eigenvalue weighted by atomic mass is 16.4. The van der Waals surface area contributed by atoms with Crippen molar-refractivity contribution in [2.24, 2.45) is 0 Å². The van der Waals surface area contributed by atoms with Gasteiger partial charge in [0.05, 0.1) is 0 Å². The Kier molecular flexibility index (Phi) is 3.23. The number of benzene rings is 1. The molecule has 1 aromatic heterocycles. The Labute approximate surface area is 120 Å². The maximum absolute atomic E-state index is 12.4. The maximum atomic E-state index is 12.4. The van der Waals surface area contributed by atoms with E-state index in [4.69, 9.17) is 0 Å². The summed E-state index contributed by atoms with van der Waals surface area (Å²) in [7, 11) is 0. The largest absolute Gasteiger partial charge is 0.480 e. The third-order valence-corrected chi connectivity index (χ3v) is 3.26. The molecule has 7 heteroatoms. The highest BCUT2D eigenvalue weighted by Crippen LogP contribution is 2.32. The van der Waals surface area contributed by atoms with Gasteiger partial charge in [-0.1, -0.05) is 18.2 Å². The smallest absolute Gasteiger partial charge is 0.329 e. The average Bonchev–Trinajstić information content (AvgIpc) is 2.88. The third-order valence-electron chi connectivity index (χ3n) is 3.26. The Morgan fingerprint density at radius 3 is 2.62 bits per heavy atom. The third kappa shape index (κ3) is 2.40. The predicted molar refractivity (Wildman–Crippen MR) is 75.1 cm³/mol. The molecule has 1 atom stereocenters. The van der Waals surface area contributed by atoms with Crippen molar-refractivity contribution < 1.29 is 14.7 Å². The van der Waals surface area contributed by atoms with Crippen LogP contribution in [0.5, 0.6) is 0 Å². The standard InChI is InChI=1S/C14H12N4O3/c19-12(20)11-8-9-4-1-2-5-10(9)18(11)14(21)17-13-15-6-3-7-16-13/h1-7,11H,8H2,(H,19,20)(H,15,16,17,21)/t11-/m0/s1. The fourth-order valence-corrected chi connectivity index (χ4v) is 2.35. The van der Waals surface area contributed by atoms with Gasteiger partial charge < -0.3 is 5.11 Å². The zero-order chi connectivity index (χ0) is 14.8. The molecule has 0 fully saturated rings. The summed E-state index contributed by atoms with van der Waals surface area (Å²) < 4.78 is 0. The Morgan fingerprint density at radius 1 is 1.19 bits per heavy atom. The SMILES string of the molecule is O=C(O)[C@@H]1Cc2ccccc2N1C(=O)Nc1ncccn1. The van der Waals surface area contributed by atoms with Gasteiger partial charge in [0.1, 0.15) is 6.04 Å². The Balaban J connectivity index is 1.91. The molecule has 1 aliphatic heterocycles.